The molecule has 31 nitrogen and oxygen atoms in total. The van der Waals surface area contributed by atoms with Crippen LogP contribution in [-0.4, -0.2) is 180 Å². The Morgan fingerprint density at radius 3 is 0.841 bits per heavy atom. The highest BCUT2D eigenvalue weighted by molar-refractivity contribution is 6.31. The summed E-state index contributed by atoms with van der Waals surface area (Å²) in [6, 6.07) is 0. The van der Waals surface area contributed by atoms with Crippen LogP contribution in [-0.2, 0) is 95.9 Å². The van der Waals surface area contributed by atoms with Crippen LogP contribution in [0.1, 0.15) is 148 Å². The van der Waals surface area contributed by atoms with Crippen molar-refractivity contribution in [3.05, 3.63) is 24.3 Å². The van der Waals surface area contributed by atoms with Crippen molar-refractivity contribution in [3.8, 4) is 0 Å². The maximum absolute atomic E-state index is 10.8. The van der Waals surface area contributed by atoms with Gasteiger partial charge >= 0.3 is 59.7 Å². The van der Waals surface area contributed by atoms with Gasteiger partial charge in [0.1, 0.15) is 69.4 Å². The van der Waals surface area contributed by atoms with Gasteiger partial charge in [-0.2, -0.15) is 0 Å². The number of hydrogen-bond donors (Lipinski definition) is 11. The molecule has 0 aliphatic heterocycles. The minimum Gasteiger partial charge on any atom is -0.481 e. The van der Waals surface area contributed by atoms with E-state index in [0.717, 1.165) is 44.6 Å². The van der Waals surface area contributed by atoms with Crippen LogP contribution < -0.4 is 0 Å². The van der Waals surface area contributed by atoms with Crippen LogP contribution >= 0.6 is 0 Å². The Bertz CT molecular complexity index is 2180. The van der Waals surface area contributed by atoms with Gasteiger partial charge in [0.25, 0.3) is 0 Å². The van der Waals surface area contributed by atoms with Gasteiger partial charge in [-0.15, -0.1) is 0 Å². The number of rotatable bonds is 21. The second-order valence-corrected chi connectivity index (χ2v) is 17.4. The predicted molar refractivity (Wildman–Crippen MR) is 277 cm³/mol. The molecule has 0 aromatic carbocycles. The predicted octanol–water partition coefficient (Wildman–Crippen LogP) is 2.25. The van der Waals surface area contributed by atoms with Crippen molar-refractivity contribution >= 4 is 118 Å². The number of ketones is 10. The first-order chi connectivity index (χ1) is 36.8. The maximum atomic E-state index is 10.8. The van der Waals surface area contributed by atoms with Crippen molar-refractivity contribution in [1.82, 2.24) is 0 Å². The van der Waals surface area contributed by atoms with Gasteiger partial charge in [0.2, 0.25) is 5.78 Å². The van der Waals surface area contributed by atoms with E-state index in [4.69, 9.17) is 56.2 Å². The van der Waals surface area contributed by atoms with Crippen LogP contribution in [0.15, 0.2) is 24.3 Å². The molecule has 0 aromatic heterocycles. The molecule has 0 heterocycles. The van der Waals surface area contributed by atoms with E-state index in [0.29, 0.717) is 25.7 Å². The van der Waals surface area contributed by atoms with Gasteiger partial charge in [-0.3, -0.25) is 76.7 Å². The van der Waals surface area contributed by atoms with Gasteiger partial charge in [0, 0.05) is 25.5 Å². The molecule has 31 heteroatoms. The largest absolute Gasteiger partial charge is 0.481 e. The average molecular weight is 1180 g/mol. The lowest BCUT2D eigenvalue weighted by molar-refractivity contribution is -0.160. The number of aliphatic hydroxyl groups excluding tert-OH is 1. The molecule has 2 fully saturated rings. The topological polar surface area (TPSA) is 564 Å². The lowest BCUT2D eigenvalue weighted by Gasteiger charge is -2.34. The van der Waals surface area contributed by atoms with Crippen molar-refractivity contribution < 1.29 is 152 Å². The highest BCUT2D eigenvalue weighted by atomic mass is 16.4. The van der Waals surface area contributed by atoms with E-state index >= 15 is 0 Å². The van der Waals surface area contributed by atoms with E-state index in [1.165, 1.54) is 76.2 Å². The molecule has 2 aliphatic rings. The summed E-state index contributed by atoms with van der Waals surface area (Å²) in [4.78, 5) is 201. The number of allylic oxidation sites excluding steroid dienone is 2. The summed E-state index contributed by atoms with van der Waals surface area (Å²) in [5.41, 5.74) is -3.19. The summed E-state index contributed by atoms with van der Waals surface area (Å²) in [5.74, 6) is -14.9. The van der Waals surface area contributed by atoms with Gasteiger partial charge in [-0.1, -0.05) is 6.42 Å². The standard InChI is InChI=1S/C7H10O3.C6H8O3.C6H10O3.C5H8O4.C5H8O3.2C5H6O3.C5H8O3.C4H6O3.C3H4O3/c1-5(8)7(6(9)10)3-2-4-7;1-4(7)6(2-3-6)5(8)9;1-4(7)6(2,3)5(8)9;1-3(6)4(7)2-5(8)9;3*1-4(6)2-3-5(7)8;1-3(4(2)6)5(7)8;1-3(5)2-4(6)7;1-2(4)3(5)6/h2-4H2,1H3,(H,9,10);2-3H2,1H3,(H,8,9);1-3H3,(H,8,9);4,7H,2H2,1H3,(H,8,9);2-3H2,1H3,(H,7,8);2*2-3H,1H3,(H,7,8);3H,1-2H3,(H,7,8);2H2,1H3,(H,6,7);1H3,(H,5,6)/b;;;;;3-2+;3-2-;;;. The van der Waals surface area contributed by atoms with Gasteiger partial charge in [-0.05, 0) is 121 Å². The van der Waals surface area contributed by atoms with E-state index in [-0.39, 0.29) is 65.5 Å². The second kappa shape index (κ2) is 46.7. The number of carbonyl (C=O) groups excluding carboxylic acids is 10. The average Bonchev–Trinajstić information content (AvgIpc) is 4.10. The molecule has 464 valence electrons. The molecule has 0 amide bonds. The summed E-state index contributed by atoms with van der Waals surface area (Å²) in [7, 11) is 0. The molecule has 0 aromatic rings. The number of carbonyl (C=O) groups is 20. The van der Waals surface area contributed by atoms with E-state index < -0.39 is 106 Å². The molecule has 0 saturated heterocycles. The summed E-state index contributed by atoms with van der Waals surface area (Å²) in [6.07, 6.45) is 4.48. The number of carboxylic acids is 10. The van der Waals surface area contributed by atoms with Crippen LogP contribution in [0.3, 0.4) is 0 Å². The fourth-order valence-electron chi connectivity index (χ4n) is 3.60. The molecular weight excluding hydrogens is 1110 g/mol. The summed E-state index contributed by atoms with van der Waals surface area (Å²) in [5, 5.41) is 89.6. The van der Waals surface area contributed by atoms with Crippen LogP contribution in [0.4, 0.5) is 0 Å². The van der Waals surface area contributed by atoms with Gasteiger partial charge in [0.05, 0.1) is 12.8 Å². The monoisotopic (exact) mass is 1180 g/mol. The minimum absolute atomic E-state index is 0.0463. The summed E-state index contributed by atoms with van der Waals surface area (Å²) >= 11 is 0. The molecule has 2 rings (SSSR count). The smallest absolute Gasteiger partial charge is 0.371 e. The number of aliphatic carboxylic acids is 10. The normalized spacial score (nSPS) is 12.7. The molecule has 2 unspecified atom stereocenters. The highest BCUT2D eigenvalue weighted by Crippen LogP contribution is 2.46. The Morgan fingerprint density at radius 1 is 0.463 bits per heavy atom. The van der Waals surface area contributed by atoms with Crippen LogP contribution in [0.25, 0.3) is 0 Å². The van der Waals surface area contributed by atoms with Crippen molar-refractivity contribution in [2.45, 2.75) is 154 Å². The van der Waals surface area contributed by atoms with E-state index in [1.54, 1.807) is 0 Å². The molecule has 11 N–H and O–H groups in total. The van der Waals surface area contributed by atoms with Gasteiger partial charge < -0.3 is 61.0 Å². The van der Waals surface area contributed by atoms with Crippen molar-refractivity contribution in [1.29, 1.82) is 0 Å². The van der Waals surface area contributed by atoms with Crippen LogP contribution in [0, 0.1) is 22.2 Å². The number of carboxylic acid groups (broad SMARTS) is 10. The second-order valence-electron chi connectivity index (χ2n) is 17.4. The first-order valence-electron chi connectivity index (χ1n) is 23.2. The zero-order valence-corrected chi connectivity index (χ0v) is 47.4. The van der Waals surface area contributed by atoms with Crippen molar-refractivity contribution in [3.63, 3.8) is 0 Å². The Hall–Kier alpha value is -9.16. The molecule has 82 heavy (non-hydrogen) atoms. The molecule has 0 radical (unpaired) electrons. The first kappa shape index (κ1) is 89.4. The SMILES string of the molecule is CC(=O)/C=C/C(=O)O.CC(=O)/C=C\C(=O)O.CC(=O)C(=O)O.CC(=O)C(C)(C)C(=O)O.CC(=O)C(C)C(=O)O.CC(=O)C(O)CC(=O)O.CC(=O)C1(C(=O)O)CC1.CC(=O)C1(C(=O)O)CCC1.CC(=O)CC(=O)O.CC(=O)CCC(=O)O. The fraction of sp³-hybridized carbons (Fsp3) is 0.529. The molecular formula is C51H74O31. The number of hydrogen-bond acceptors (Lipinski definition) is 21. The lowest BCUT2D eigenvalue weighted by Crippen LogP contribution is -2.43. The molecule has 2 saturated carbocycles. The van der Waals surface area contributed by atoms with Crippen LogP contribution in [0.5, 0.6) is 0 Å². The third kappa shape index (κ3) is 55.6. The fourth-order valence-corrected chi connectivity index (χ4v) is 3.60. The zero-order valence-electron chi connectivity index (χ0n) is 47.4. The molecule has 2 aliphatic carbocycles. The van der Waals surface area contributed by atoms with Crippen LogP contribution in [0.2, 0.25) is 0 Å². The van der Waals surface area contributed by atoms with Crippen molar-refractivity contribution in [2.75, 3.05) is 0 Å². The van der Waals surface area contributed by atoms with E-state index in [1.807, 2.05) is 0 Å². The first-order valence-corrected chi connectivity index (χ1v) is 23.2. The molecule has 2 atom stereocenters. The molecule has 0 bridgehead atoms. The zero-order chi connectivity index (χ0) is 67.4. The Kier molecular flexibility index (Phi) is 50.9. The Morgan fingerprint density at radius 2 is 0.805 bits per heavy atom. The van der Waals surface area contributed by atoms with Crippen molar-refractivity contribution in [2.24, 2.45) is 22.2 Å². The third-order valence-electron chi connectivity index (χ3n) is 9.67. The minimum atomic E-state index is -1.38. The summed E-state index contributed by atoms with van der Waals surface area (Å²) in [6.45, 7) is 16.7. The Labute approximate surface area is 469 Å². The third-order valence-corrected chi connectivity index (χ3v) is 9.67. The Balaban J connectivity index is -0.000000124. The quantitative estimate of drug-likeness (QED) is 0.0446. The number of aliphatic hydroxyl groups is 1. The lowest BCUT2D eigenvalue weighted by atomic mass is 9.66. The van der Waals surface area contributed by atoms with E-state index in [2.05, 4.69) is 0 Å². The van der Waals surface area contributed by atoms with E-state index in [9.17, 15) is 95.9 Å². The maximum Gasteiger partial charge on any atom is 0.371 e. The molecule has 0 spiro atoms. The summed E-state index contributed by atoms with van der Waals surface area (Å²) < 4.78 is 0. The number of Topliss-reactive ketones (excluding diaryl/α,β-unsaturated/α-hetero) is 8. The van der Waals surface area contributed by atoms with Gasteiger partial charge in [-0.25, -0.2) is 14.4 Å². The van der Waals surface area contributed by atoms with Gasteiger partial charge in [0.15, 0.2) is 17.3 Å². The highest BCUT2D eigenvalue weighted by Gasteiger charge is 2.54.